The van der Waals surface area contributed by atoms with E-state index in [2.05, 4.69) is 10.0 Å². The molecule has 0 unspecified atom stereocenters. The van der Waals surface area contributed by atoms with Crippen molar-refractivity contribution < 1.29 is 28.2 Å². The molecule has 0 aliphatic heterocycles. The molecule has 0 aromatic heterocycles. The Hall–Kier alpha value is -4.77. The lowest BCUT2D eigenvalue weighted by Gasteiger charge is -2.29. The van der Waals surface area contributed by atoms with E-state index in [1.54, 1.807) is 34.1 Å². The zero-order chi connectivity index (χ0) is 30.3. The van der Waals surface area contributed by atoms with Crippen molar-refractivity contribution in [3.63, 3.8) is 0 Å². The van der Waals surface area contributed by atoms with E-state index in [4.69, 9.17) is 0 Å². The molecule has 0 heterocycles. The average molecular weight is 591 g/mol. The molecule has 0 amide bonds. The second-order valence-electron chi connectivity index (χ2n) is 9.95. The summed E-state index contributed by atoms with van der Waals surface area (Å²) >= 11 is 0. The van der Waals surface area contributed by atoms with Gasteiger partial charge in [-0.05, 0) is 54.4 Å². The van der Waals surface area contributed by atoms with Crippen LogP contribution in [0, 0.1) is 0 Å². The highest BCUT2D eigenvalue weighted by Gasteiger charge is 2.20. The normalized spacial score (nSPS) is 11.2. The maximum Gasteiger partial charge on any atom is 0.323 e. The SMILES string of the molecule is CCNc1ccc(CN(CC(=O)O)c2ccc(N(CC(=O)O)Cc3ccc(NS(C)(=O)=O)cc3)c3ccccc23)cc1. The van der Waals surface area contributed by atoms with Crippen molar-refractivity contribution in [2.75, 3.05) is 45.7 Å². The summed E-state index contributed by atoms with van der Waals surface area (Å²) in [5.74, 6) is -1.97. The monoisotopic (exact) mass is 590 g/mol. The molecule has 0 atom stereocenters. The van der Waals surface area contributed by atoms with E-state index < -0.39 is 22.0 Å². The predicted molar refractivity (Wildman–Crippen MR) is 167 cm³/mol. The lowest BCUT2D eigenvalue weighted by molar-refractivity contribution is -0.136. The van der Waals surface area contributed by atoms with Gasteiger partial charge in [0.2, 0.25) is 10.0 Å². The van der Waals surface area contributed by atoms with E-state index in [9.17, 15) is 28.2 Å². The summed E-state index contributed by atoms with van der Waals surface area (Å²) in [5.41, 5.74) is 4.54. The molecule has 11 heteroatoms. The fourth-order valence-corrected chi connectivity index (χ4v) is 5.43. The minimum atomic E-state index is -3.42. The van der Waals surface area contributed by atoms with E-state index in [1.165, 1.54) is 0 Å². The van der Waals surface area contributed by atoms with Gasteiger partial charge in [-0.2, -0.15) is 0 Å². The quantitative estimate of drug-likeness (QED) is 0.163. The molecule has 4 aromatic carbocycles. The van der Waals surface area contributed by atoms with Crippen molar-refractivity contribution in [2.45, 2.75) is 20.0 Å². The average Bonchev–Trinajstić information content (AvgIpc) is 2.93. The van der Waals surface area contributed by atoms with Gasteiger partial charge >= 0.3 is 11.9 Å². The summed E-state index contributed by atoms with van der Waals surface area (Å²) in [6.45, 7) is 2.95. The topological polar surface area (TPSA) is 139 Å². The number of nitrogens with one attached hydrogen (secondary N) is 2. The maximum atomic E-state index is 11.9. The number of nitrogens with zero attached hydrogens (tertiary/aromatic N) is 2. The molecule has 4 aromatic rings. The highest BCUT2D eigenvalue weighted by molar-refractivity contribution is 7.92. The zero-order valence-corrected chi connectivity index (χ0v) is 24.3. The summed E-state index contributed by atoms with van der Waals surface area (Å²) in [7, 11) is -3.42. The molecule has 0 saturated carbocycles. The molecule has 4 rings (SSSR count). The van der Waals surface area contributed by atoms with Crippen molar-refractivity contribution in [3.05, 3.63) is 96.1 Å². The fourth-order valence-electron chi connectivity index (χ4n) is 4.86. The number of sulfonamides is 1. The Bertz CT molecular complexity index is 1660. The molecule has 0 aliphatic carbocycles. The van der Waals surface area contributed by atoms with Gasteiger partial charge in [-0.1, -0.05) is 48.5 Å². The fraction of sp³-hybridized carbons (Fsp3) is 0.226. The van der Waals surface area contributed by atoms with Crippen LogP contribution >= 0.6 is 0 Å². The largest absolute Gasteiger partial charge is 0.480 e. The van der Waals surface area contributed by atoms with Gasteiger partial charge in [-0.15, -0.1) is 0 Å². The van der Waals surface area contributed by atoms with Crippen molar-refractivity contribution in [1.82, 2.24) is 0 Å². The first-order chi connectivity index (χ1) is 20.0. The van der Waals surface area contributed by atoms with E-state index in [0.717, 1.165) is 46.1 Å². The Labute approximate surface area is 245 Å². The number of carbonyl (C=O) groups is 2. The van der Waals surface area contributed by atoms with Crippen LogP contribution in [-0.2, 0) is 32.7 Å². The van der Waals surface area contributed by atoms with Crippen LogP contribution in [0.2, 0.25) is 0 Å². The first-order valence-corrected chi connectivity index (χ1v) is 15.3. The zero-order valence-electron chi connectivity index (χ0n) is 23.4. The minimum Gasteiger partial charge on any atom is -0.480 e. The number of rotatable bonds is 14. The minimum absolute atomic E-state index is 0.217. The van der Waals surface area contributed by atoms with Crippen LogP contribution in [0.3, 0.4) is 0 Å². The standard InChI is InChI=1S/C31H34N4O6S/c1-3-32-24-12-8-22(9-13-24)18-34(20-30(36)37)28-16-17-29(27-7-5-4-6-26(27)28)35(21-31(38)39)19-23-10-14-25(15-11-23)33-42(2,40)41/h4-17,32-33H,3,18-21H2,1-2H3,(H,36,37)(H,38,39). The summed E-state index contributed by atoms with van der Waals surface area (Å²) in [6, 6.07) is 25.8. The number of benzene rings is 4. The van der Waals surface area contributed by atoms with Gasteiger partial charge < -0.3 is 25.3 Å². The first kappa shape index (κ1) is 30.2. The van der Waals surface area contributed by atoms with Crippen LogP contribution in [0.4, 0.5) is 22.7 Å². The summed E-state index contributed by atoms with van der Waals surface area (Å²) in [6.07, 6.45) is 1.07. The number of fused-ring (bicyclic) bond motifs is 1. The van der Waals surface area contributed by atoms with Crippen molar-refractivity contribution in [1.29, 1.82) is 0 Å². The lowest BCUT2D eigenvalue weighted by Crippen LogP contribution is -2.31. The Morgan fingerprint density at radius 2 is 1.12 bits per heavy atom. The molecule has 10 nitrogen and oxygen atoms in total. The van der Waals surface area contributed by atoms with Crippen LogP contribution in [0.5, 0.6) is 0 Å². The first-order valence-electron chi connectivity index (χ1n) is 13.4. The molecular weight excluding hydrogens is 556 g/mol. The number of hydrogen-bond acceptors (Lipinski definition) is 7. The van der Waals surface area contributed by atoms with E-state index in [1.807, 2.05) is 67.6 Å². The summed E-state index contributed by atoms with van der Waals surface area (Å²) in [5, 5.41) is 24.3. The van der Waals surface area contributed by atoms with Crippen LogP contribution in [0.25, 0.3) is 10.8 Å². The molecule has 0 spiro atoms. The van der Waals surface area contributed by atoms with Crippen LogP contribution in [0.15, 0.2) is 84.9 Å². The Morgan fingerprint density at radius 3 is 1.50 bits per heavy atom. The van der Waals surface area contributed by atoms with Crippen molar-refractivity contribution in [3.8, 4) is 0 Å². The Balaban J connectivity index is 1.70. The molecule has 0 bridgehead atoms. The number of anilines is 4. The van der Waals surface area contributed by atoms with Crippen LogP contribution < -0.4 is 19.8 Å². The summed E-state index contributed by atoms with van der Waals surface area (Å²) < 4.78 is 25.5. The van der Waals surface area contributed by atoms with Gasteiger partial charge in [-0.3, -0.25) is 14.3 Å². The van der Waals surface area contributed by atoms with Gasteiger partial charge in [0.15, 0.2) is 0 Å². The molecule has 42 heavy (non-hydrogen) atoms. The number of carboxylic acids is 2. The number of carboxylic acid groups (broad SMARTS) is 2. The third kappa shape index (κ3) is 8.14. The molecule has 0 fully saturated rings. The van der Waals surface area contributed by atoms with Gasteiger partial charge in [-0.25, -0.2) is 8.42 Å². The van der Waals surface area contributed by atoms with Gasteiger partial charge in [0.1, 0.15) is 13.1 Å². The van der Waals surface area contributed by atoms with Gasteiger partial charge in [0.25, 0.3) is 0 Å². The molecule has 4 N–H and O–H groups in total. The van der Waals surface area contributed by atoms with Crippen LogP contribution in [0.1, 0.15) is 18.1 Å². The molecule has 0 aliphatic rings. The Morgan fingerprint density at radius 1 is 0.690 bits per heavy atom. The third-order valence-corrected chi connectivity index (χ3v) is 7.16. The smallest absolute Gasteiger partial charge is 0.323 e. The highest BCUT2D eigenvalue weighted by Crippen LogP contribution is 2.36. The van der Waals surface area contributed by atoms with Gasteiger partial charge in [0, 0.05) is 53.2 Å². The van der Waals surface area contributed by atoms with Crippen molar-refractivity contribution >= 4 is 55.5 Å². The second kappa shape index (κ2) is 13.3. The molecule has 220 valence electrons. The van der Waals surface area contributed by atoms with Gasteiger partial charge in [0.05, 0.1) is 6.26 Å². The van der Waals surface area contributed by atoms with E-state index >= 15 is 0 Å². The Kier molecular flexibility index (Phi) is 9.53. The predicted octanol–water partition coefficient (Wildman–Crippen LogP) is 4.83. The molecular formula is C31H34N4O6S. The van der Waals surface area contributed by atoms with Crippen molar-refractivity contribution in [2.24, 2.45) is 0 Å². The number of hydrogen-bond donors (Lipinski definition) is 4. The highest BCUT2D eigenvalue weighted by atomic mass is 32.2. The molecule has 0 radical (unpaired) electrons. The maximum absolute atomic E-state index is 11.9. The number of aliphatic carboxylic acids is 2. The second-order valence-corrected chi connectivity index (χ2v) is 11.7. The third-order valence-electron chi connectivity index (χ3n) is 6.55. The lowest BCUT2D eigenvalue weighted by atomic mass is 10.0. The van der Waals surface area contributed by atoms with Crippen LogP contribution in [-0.4, -0.2) is 56.5 Å². The van der Waals surface area contributed by atoms with E-state index in [-0.39, 0.29) is 19.6 Å². The summed E-state index contributed by atoms with van der Waals surface area (Å²) in [4.78, 5) is 27.3. The van der Waals surface area contributed by atoms with E-state index in [0.29, 0.717) is 17.9 Å². The molecule has 0 saturated heterocycles.